The highest BCUT2D eigenvalue weighted by atomic mass is 15.0. The van der Waals surface area contributed by atoms with E-state index in [9.17, 15) is 0 Å². The van der Waals surface area contributed by atoms with E-state index < -0.39 is 0 Å². The summed E-state index contributed by atoms with van der Waals surface area (Å²) in [5.74, 6) is 0. The molecule has 2 aromatic heterocycles. The maximum absolute atomic E-state index is 9.06. The summed E-state index contributed by atoms with van der Waals surface area (Å²) in [6, 6.07) is 66.1. The Hall–Kier alpha value is -7.56. The highest BCUT2D eigenvalue weighted by molar-refractivity contribution is 6.45. The first-order valence-corrected chi connectivity index (χ1v) is 19.0. The van der Waals surface area contributed by atoms with E-state index in [4.69, 9.17) is 10.4 Å². The van der Waals surface area contributed by atoms with Crippen molar-refractivity contribution in [2.45, 2.75) is 0 Å². The normalized spacial score (nSPS) is 12.4. The van der Waals surface area contributed by atoms with Crippen molar-refractivity contribution in [1.29, 1.82) is 5.41 Å². The van der Waals surface area contributed by atoms with Gasteiger partial charge in [0.1, 0.15) is 6.34 Å². The van der Waals surface area contributed by atoms with Crippen molar-refractivity contribution in [2.24, 2.45) is 4.99 Å². The summed E-state index contributed by atoms with van der Waals surface area (Å²) >= 11 is 0. The second-order valence-electron chi connectivity index (χ2n) is 14.3. The summed E-state index contributed by atoms with van der Waals surface area (Å²) in [6.45, 7) is 0. The maximum atomic E-state index is 9.06. The molecule has 4 heteroatoms. The molecule has 56 heavy (non-hydrogen) atoms. The van der Waals surface area contributed by atoms with E-state index in [1.54, 1.807) is 0 Å². The van der Waals surface area contributed by atoms with E-state index in [1.165, 1.54) is 64.9 Å². The van der Waals surface area contributed by atoms with Gasteiger partial charge in [-0.05, 0) is 52.1 Å². The van der Waals surface area contributed by atoms with E-state index in [0.717, 1.165) is 27.8 Å². The Morgan fingerprint density at radius 1 is 0.411 bits per heavy atom. The van der Waals surface area contributed by atoms with Gasteiger partial charge in [-0.1, -0.05) is 164 Å². The van der Waals surface area contributed by atoms with E-state index in [0.29, 0.717) is 11.4 Å². The maximum Gasteiger partial charge on any atom is 0.100 e. The Bertz CT molecular complexity index is 3410. The Kier molecular flexibility index (Phi) is 7.29. The molecule has 0 aliphatic rings. The quantitative estimate of drug-likeness (QED) is 0.101. The molecule has 1 N–H and O–H groups in total. The van der Waals surface area contributed by atoms with E-state index >= 15 is 0 Å². The van der Waals surface area contributed by atoms with Gasteiger partial charge in [0.05, 0.1) is 33.5 Å². The molecule has 0 saturated carbocycles. The second-order valence-corrected chi connectivity index (χ2v) is 14.3. The zero-order chi connectivity index (χ0) is 37.2. The fraction of sp³-hybridized carbons (Fsp3) is 0. The van der Waals surface area contributed by atoms with Crippen LogP contribution in [0.2, 0.25) is 0 Å². The van der Waals surface area contributed by atoms with Crippen LogP contribution in [0, 0.1) is 5.41 Å². The minimum Gasteiger partial charge on any atom is -0.309 e. The van der Waals surface area contributed by atoms with Gasteiger partial charge in [-0.2, -0.15) is 0 Å². The molecule has 0 bridgehead atoms. The lowest BCUT2D eigenvalue weighted by Crippen LogP contribution is -2.00. The molecule has 0 fully saturated rings. The molecule has 0 amide bonds. The number of para-hydroxylation sites is 3. The zero-order valence-corrected chi connectivity index (χ0v) is 30.4. The van der Waals surface area contributed by atoms with Crippen molar-refractivity contribution in [2.75, 3.05) is 0 Å². The summed E-state index contributed by atoms with van der Waals surface area (Å²) in [5, 5.41) is 21.1. The Labute approximate surface area is 323 Å². The number of hydrogen-bond acceptors (Lipinski definition) is 2. The molecule has 0 aliphatic heterocycles. The van der Waals surface area contributed by atoms with Crippen LogP contribution in [0.4, 0.5) is 0 Å². The van der Waals surface area contributed by atoms with Crippen LogP contribution >= 0.6 is 0 Å². The Morgan fingerprint density at radius 3 is 1.54 bits per heavy atom. The van der Waals surface area contributed by atoms with Gasteiger partial charge in [-0.25, -0.2) is 4.99 Å². The van der Waals surface area contributed by atoms with Crippen LogP contribution in [0.5, 0.6) is 0 Å². The molecule has 0 radical (unpaired) electrons. The average molecular weight is 715 g/mol. The minimum atomic E-state index is 0.406. The zero-order valence-electron chi connectivity index (χ0n) is 30.4. The number of allylic oxidation sites excluding steroid dienone is 1. The number of aliphatic imine (C=N–C) groups is 1. The number of nitrogens with zero attached hydrogens (tertiary/aromatic N) is 3. The predicted octanol–water partition coefficient (Wildman–Crippen LogP) is 13.3. The Balaban J connectivity index is 1.33. The molecule has 0 saturated heterocycles. The lowest BCUT2D eigenvalue weighted by atomic mass is 9.90. The van der Waals surface area contributed by atoms with Crippen LogP contribution in [0.1, 0.15) is 11.1 Å². The molecule has 262 valence electrons. The number of rotatable bonds is 6. The Morgan fingerprint density at radius 2 is 0.875 bits per heavy atom. The van der Waals surface area contributed by atoms with Gasteiger partial charge < -0.3 is 9.98 Å². The van der Waals surface area contributed by atoms with Crippen molar-refractivity contribution in [1.82, 2.24) is 9.13 Å². The first-order chi connectivity index (χ1) is 27.8. The monoisotopic (exact) mass is 714 g/mol. The first-order valence-electron chi connectivity index (χ1n) is 19.0. The lowest BCUT2D eigenvalue weighted by Gasteiger charge is -2.16. The molecular formula is C52H34N4. The van der Waals surface area contributed by atoms with Crippen LogP contribution in [0.15, 0.2) is 199 Å². The molecule has 0 atom stereocenters. The van der Waals surface area contributed by atoms with Gasteiger partial charge in [0.25, 0.3) is 0 Å². The van der Waals surface area contributed by atoms with Crippen LogP contribution in [-0.4, -0.2) is 21.2 Å². The second kappa shape index (κ2) is 12.8. The molecule has 2 heterocycles. The molecule has 11 rings (SSSR count). The molecular weight excluding hydrogens is 681 g/mol. The van der Waals surface area contributed by atoms with E-state index in [2.05, 4.69) is 149 Å². The van der Waals surface area contributed by atoms with E-state index in [-0.39, 0.29) is 0 Å². The largest absolute Gasteiger partial charge is 0.309 e. The number of fused-ring (bicyclic) bond motifs is 15. The highest BCUT2D eigenvalue weighted by Crippen LogP contribution is 2.49. The third-order valence-corrected chi connectivity index (χ3v) is 11.2. The number of aromatic nitrogens is 2. The van der Waals surface area contributed by atoms with Gasteiger partial charge in [0.2, 0.25) is 0 Å². The molecule has 0 aliphatic carbocycles. The first kappa shape index (κ1) is 31.9. The number of nitrogens with one attached hydrogen (secondary N) is 1. The lowest BCUT2D eigenvalue weighted by molar-refractivity contribution is 1.19. The average Bonchev–Trinajstić information content (AvgIpc) is 3.79. The van der Waals surface area contributed by atoms with Crippen molar-refractivity contribution >= 4 is 93.7 Å². The molecule has 9 aromatic carbocycles. The van der Waals surface area contributed by atoms with E-state index in [1.807, 2.05) is 60.9 Å². The summed E-state index contributed by atoms with van der Waals surface area (Å²) < 4.78 is 4.73. The van der Waals surface area contributed by atoms with Crippen molar-refractivity contribution in [3.8, 4) is 5.69 Å². The summed E-state index contributed by atoms with van der Waals surface area (Å²) in [6.07, 6.45) is 3.85. The number of benzene rings is 9. The van der Waals surface area contributed by atoms with Crippen LogP contribution < -0.4 is 0 Å². The minimum absolute atomic E-state index is 0.406. The fourth-order valence-corrected chi connectivity index (χ4v) is 8.86. The van der Waals surface area contributed by atoms with Gasteiger partial charge in [-0.3, -0.25) is 4.57 Å². The molecule has 0 spiro atoms. The molecule has 4 nitrogen and oxygen atoms in total. The fourth-order valence-electron chi connectivity index (χ4n) is 8.86. The summed E-state index contributed by atoms with van der Waals surface area (Å²) in [4.78, 5) is 5.28. The van der Waals surface area contributed by atoms with Crippen molar-refractivity contribution in [3.05, 3.63) is 205 Å². The van der Waals surface area contributed by atoms with Gasteiger partial charge in [-0.15, -0.1) is 0 Å². The highest BCUT2D eigenvalue weighted by Gasteiger charge is 2.25. The van der Waals surface area contributed by atoms with Crippen LogP contribution in [0.25, 0.3) is 87.3 Å². The van der Waals surface area contributed by atoms with Gasteiger partial charge >= 0.3 is 0 Å². The summed E-state index contributed by atoms with van der Waals surface area (Å²) in [5.41, 5.74) is 8.62. The smallest absolute Gasteiger partial charge is 0.100 e. The molecule has 11 aromatic rings. The van der Waals surface area contributed by atoms with Gasteiger partial charge in [0.15, 0.2) is 0 Å². The number of hydrogen-bond donors (Lipinski definition) is 1. The predicted molar refractivity (Wildman–Crippen MR) is 238 cm³/mol. The van der Waals surface area contributed by atoms with Crippen molar-refractivity contribution < 1.29 is 0 Å². The van der Waals surface area contributed by atoms with Crippen molar-refractivity contribution in [3.63, 3.8) is 0 Å². The van der Waals surface area contributed by atoms with Crippen LogP contribution in [0.3, 0.4) is 0 Å². The third-order valence-electron chi connectivity index (χ3n) is 11.2. The van der Waals surface area contributed by atoms with Gasteiger partial charge in [0, 0.05) is 49.0 Å². The van der Waals surface area contributed by atoms with Crippen LogP contribution in [-0.2, 0) is 0 Å². The topological polar surface area (TPSA) is 46.1 Å². The third kappa shape index (κ3) is 4.79. The summed E-state index contributed by atoms with van der Waals surface area (Å²) in [7, 11) is 0. The standard InChI is InChI=1S/C52H34N4/c53-43(34-18-4-1-5-19-34)32-44(35-20-6-2-7-21-35)54-33-55-45-30-16-14-28-41(45)47-37-24-10-11-25-38(37)48-49(52(47)55)39-26-12-13-27-40(39)51-50(48)42-29-15-17-31-46(42)56(51)36-22-8-3-9-23-36/h1-33,53H/b44-32-,53-43?,54-33?. The molecule has 0 unspecified atom stereocenters. The SMILES string of the molecule is N=C(/C=C(\N=Cn1c2ccccc2c2c3ccccc3c3c(c4ccccc4c4c3c3ccccc3n4-c3ccccc3)c21)c1ccccc1)c1ccccc1.